The molecule has 2 aromatic carbocycles. The first-order chi connectivity index (χ1) is 15.4. The molecule has 0 aliphatic carbocycles. The molecule has 164 valence electrons. The molecule has 0 radical (unpaired) electrons. The minimum atomic E-state index is -3.62. The van der Waals surface area contributed by atoms with E-state index in [-0.39, 0.29) is 6.54 Å². The molecule has 8 nitrogen and oxygen atoms in total. The maximum absolute atomic E-state index is 13.2. The lowest BCUT2D eigenvalue weighted by Crippen LogP contribution is -2.36. The number of rotatable bonds is 5. The van der Waals surface area contributed by atoms with Crippen molar-refractivity contribution in [2.75, 3.05) is 6.54 Å². The van der Waals surface area contributed by atoms with Gasteiger partial charge in [0.1, 0.15) is 0 Å². The molecule has 1 aliphatic heterocycles. The van der Waals surface area contributed by atoms with Gasteiger partial charge in [-0.15, -0.1) is 0 Å². The van der Waals surface area contributed by atoms with Crippen LogP contribution < -0.4 is 0 Å². The summed E-state index contributed by atoms with van der Waals surface area (Å²) in [6.45, 7) is 2.54. The van der Waals surface area contributed by atoms with Gasteiger partial charge in [-0.1, -0.05) is 53.2 Å². The van der Waals surface area contributed by atoms with E-state index in [4.69, 9.17) is 4.52 Å². The predicted octanol–water partition coefficient (Wildman–Crippen LogP) is 3.12. The molecule has 1 aliphatic rings. The maximum Gasteiger partial charge on any atom is 0.278 e. The number of hydrogen-bond donors (Lipinski definition) is 0. The molecule has 9 heteroatoms. The zero-order valence-electron chi connectivity index (χ0n) is 17.9. The summed E-state index contributed by atoms with van der Waals surface area (Å²) < 4.78 is 35.2. The van der Waals surface area contributed by atoms with Crippen LogP contribution in [-0.2, 0) is 36.5 Å². The molecule has 0 bridgehead atoms. The lowest BCUT2D eigenvalue weighted by atomic mass is 10.1. The van der Waals surface area contributed by atoms with Crippen molar-refractivity contribution in [3.05, 3.63) is 82.8 Å². The van der Waals surface area contributed by atoms with E-state index in [0.29, 0.717) is 41.7 Å². The predicted molar refractivity (Wildman–Crippen MR) is 118 cm³/mol. The van der Waals surface area contributed by atoms with E-state index in [9.17, 15) is 8.42 Å². The highest BCUT2D eigenvalue weighted by molar-refractivity contribution is 7.89. The lowest BCUT2D eigenvalue weighted by molar-refractivity contribution is 0.385. The molecule has 0 fully saturated rings. The van der Waals surface area contributed by atoms with Gasteiger partial charge in [0.2, 0.25) is 10.0 Å². The molecule has 0 unspecified atom stereocenters. The van der Waals surface area contributed by atoms with Crippen molar-refractivity contribution in [3.8, 4) is 11.6 Å². The van der Waals surface area contributed by atoms with E-state index in [1.165, 1.54) is 4.31 Å². The van der Waals surface area contributed by atoms with Crippen LogP contribution in [0.2, 0.25) is 0 Å². The molecule has 4 aromatic rings. The first-order valence-corrected chi connectivity index (χ1v) is 11.8. The van der Waals surface area contributed by atoms with E-state index in [1.54, 1.807) is 16.8 Å². The Morgan fingerprint density at radius 1 is 1.06 bits per heavy atom. The van der Waals surface area contributed by atoms with E-state index in [2.05, 4.69) is 15.2 Å². The third kappa shape index (κ3) is 3.74. The summed E-state index contributed by atoms with van der Waals surface area (Å²) in [6.07, 6.45) is 1.11. The standard InChI is InChI=1S/C23H23N5O3S/c1-16-8-10-18(11-9-16)32(29,30)28-13-12-20-19(15-28)22(25-27(20)2)23-24-21(26-31-23)14-17-6-4-3-5-7-17/h3-11H,12-15H2,1-2H3. The number of benzene rings is 2. The van der Waals surface area contributed by atoms with E-state index < -0.39 is 10.0 Å². The quantitative estimate of drug-likeness (QED) is 0.465. The Labute approximate surface area is 186 Å². The second kappa shape index (κ2) is 7.99. The van der Waals surface area contributed by atoms with Gasteiger partial charge in [-0.3, -0.25) is 4.68 Å². The number of aromatic nitrogens is 4. The Hall–Kier alpha value is -3.30. The summed E-state index contributed by atoms with van der Waals surface area (Å²) in [5.74, 6) is 0.868. The number of nitrogens with zero attached hydrogens (tertiary/aromatic N) is 5. The Morgan fingerprint density at radius 2 is 1.81 bits per heavy atom. The molecule has 3 heterocycles. The number of hydrogen-bond acceptors (Lipinski definition) is 6. The highest BCUT2D eigenvalue weighted by Crippen LogP contribution is 2.31. The highest BCUT2D eigenvalue weighted by atomic mass is 32.2. The van der Waals surface area contributed by atoms with Gasteiger partial charge in [0, 0.05) is 44.2 Å². The number of aryl methyl sites for hydroxylation is 2. The SMILES string of the molecule is Cc1ccc(S(=O)(=O)N2CCc3c(c(-c4nc(Cc5ccccc5)no4)nn3C)C2)cc1. The first kappa shape index (κ1) is 20.6. The number of sulfonamides is 1. The number of fused-ring (bicyclic) bond motifs is 1. The Balaban J connectivity index is 1.44. The van der Waals surface area contributed by atoms with Gasteiger partial charge in [-0.25, -0.2) is 8.42 Å². The maximum atomic E-state index is 13.2. The Bertz CT molecular complexity index is 1360. The van der Waals surface area contributed by atoms with Crippen LogP contribution in [0.3, 0.4) is 0 Å². The van der Waals surface area contributed by atoms with Crippen LogP contribution in [0.15, 0.2) is 64.0 Å². The highest BCUT2D eigenvalue weighted by Gasteiger charge is 2.33. The fourth-order valence-electron chi connectivity index (χ4n) is 4.00. The molecule has 0 spiro atoms. The van der Waals surface area contributed by atoms with Crippen molar-refractivity contribution in [1.82, 2.24) is 24.2 Å². The average Bonchev–Trinajstić information content (AvgIpc) is 3.39. The molecule has 0 N–H and O–H groups in total. The van der Waals surface area contributed by atoms with Gasteiger partial charge < -0.3 is 4.52 Å². The fourth-order valence-corrected chi connectivity index (χ4v) is 5.41. The third-order valence-corrected chi connectivity index (χ3v) is 7.60. The summed E-state index contributed by atoms with van der Waals surface area (Å²) in [4.78, 5) is 4.82. The van der Waals surface area contributed by atoms with Gasteiger partial charge in [0.15, 0.2) is 11.5 Å². The third-order valence-electron chi connectivity index (χ3n) is 5.74. The fraction of sp³-hybridized carbons (Fsp3) is 0.261. The van der Waals surface area contributed by atoms with Crippen molar-refractivity contribution in [2.24, 2.45) is 7.05 Å². The van der Waals surface area contributed by atoms with Crippen LogP contribution in [0.5, 0.6) is 0 Å². The molecule has 0 atom stereocenters. The lowest BCUT2D eigenvalue weighted by Gasteiger charge is -2.26. The molecule has 2 aromatic heterocycles. The molecule has 0 saturated carbocycles. The zero-order valence-corrected chi connectivity index (χ0v) is 18.7. The van der Waals surface area contributed by atoms with E-state index >= 15 is 0 Å². The normalized spacial score (nSPS) is 14.4. The molecule has 32 heavy (non-hydrogen) atoms. The molecule has 5 rings (SSSR count). The first-order valence-electron chi connectivity index (χ1n) is 10.4. The second-order valence-electron chi connectivity index (χ2n) is 7.98. The van der Waals surface area contributed by atoms with Crippen LogP contribution >= 0.6 is 0 Å². The van der Waals surface area contributed by atoms with Crippen LogP contribution in [0.4, 0.5) is 0 Å². The van der Waals surface area contributed by atoms with Crippen molar-refractivity contribution in [3.63, 3.8) is 0 Å². The summed E-state index contributed by atoms with van der Waals surface area (Å²) in [7, 11) is -1.76. The summed E-state index contributed by atoms with van der Waals surface area (Å²) in [6, 6.07) is 16.8. The van der Waals surface area contributed by atoms with Crippen molar-refractivity contribution < 1.29 is 12.9 Å². The summed E-state index contributed by atoms with van der Waals surface area (Å²) in [5, 5.41) is 8.69. The zero-order chi connectivity index (χ0) is 22.3. The average molecular weight is 450 g/mol. The van der Waals surface area contributed by atoms with E-state index in [1.807, 2.05) is 56.4 Å². The largest absolute Gasteiger partial charge is 0.332 e. The summed E-state index contributed by atoms with van der Waals surface area (Å²) >= 11 is 0. The van der Waals surface area contributed by atoms with Crippen molar-refractivity contribution in [2.45, 2.75) is 31.2 Å². The van der Waals surface area contributed by atoms with E-state index in [0.717, 1.165) is 22.4 Å². The molecular weight excluding hydrogens is 426 g/mol. The van der Waals surface area contributed by atoms with Crippen molar-refractivity contribution >= 4 is 10.0 Å². The van der Waals surface area contributed by atoms with Gasteiger partial charge in [-0.05, 0) is 24.6 Å². The van der Waals surface area contributed by atoms with Gasteiger partial charge in [-0.2, -0.15) is 14.4 Å². The van der Waals surface area contributed by atoms with Gasteiger partial charge in [0.25, 0.3) is 5.89 Å². The second-order valence-corrected chi connectivity index (χ2v) is 9.92. The topological polar surface area (TPSA) is 94.1 Å². The minimum Gasteiger partial charge on any atom is -0.332 e. The monoisotopic (exact) mass is 449 g/mol. The molecule has 0 saturated heterocycles. The Morgan fingerprint density at radius 3 is 2.56 bits per heavy atom. The van der Waals surface area contributed by atoms with Crippen LogP contribution in [0.25, 0.3) is 11.6 Å². The Kier molecular flexibility index (Phi) is 5.15. The van der Waals surface area contributed by atoms with Crippen LogP contribution in [0.1, 0.15) is 28.2 Å². The van der Waals surface area contributed by atoms with Crippen molar-refractivity contribution in [1.29, 1.82) is 0 Å². The summed E-state index contributed by atoms with van der Waals surface area (Å²) in [5.41, 5.74) is 4.43. The van der Waals surface area contributed by atoms with Gasteiger partial charge in [0.05, 0.1) is 4.90 Å². The van der Waals surface area contributed by atoms with Gasteiger partial charge >= 0.3 is 0 Å². The van der Waals surface area contributed by atoms with Crippen LogP contribution in [-0.4, -0.2) is 39.2 Å². The smallest absolute Gasteiger partial charge is 0.278 e. The molecular formula is C23H23N5O3S. The minimum absolute atomic E-state index is 0.213. The molecule has 0 amide bonds. The van der Waals surface area contributed by atoms with Crippen LogP contribution in [0, 0.1) is 6.92 Å².